The van der Waals surface area contributed by atoms with Gasteiger partial charge in [0.05, 0.1) is 0 Å². The Labute approximate surface area is 255 Å². The zero-order valence-electron chi connectivity index (χ0n) is 19.9. The average Bonchev–Trinajstić information content (AvgIpc) is 3.36. The highest BCUT2D eigenvalue weighted by Crippen LogP contribution is 2.49. The van der Waals surface area contributed by atoms with E-state index in [9.17, 15) is 0 Å². The van der Waals surface area contributed by atoms with Crippen molar-refractivity contribution in [1.82, 2.24) is 0 Å². The molecule has 5 aromatic rings. The highest BCUT2D eigenvalue weighted by molar-refractivity contribution is 9.11. The highest BCUT2D eigenvalue weighted by Gasteiger charge is 2.26. The van der Waals surface area contributed by atoms with Crippen molar-refractivity contribution in [3.05, 3.63) is 148 Å². The highest BCUT2D eigenvalue weighted by atomic mass is 79.9. The molecule has 2 aliphatic carbocycles. The lowest BCUT2D eigenvalue weighted by atomic mass is 9.95. The summed E-state index contributed by atoms with van der Waals surface area (Å²) in [6, 6.07) is 34.9. The molecule has 0 amide bonds. The van der Waals surface area contributed by atoms with Crippen molar-refractivity contribution in [2.45, 2.75) is 0 Å². The van der Waals surface area contributed by atoms with Crippen LogP contribution in [0, 0.1) is 0 Å². The van der Waals surface area contributed by atoms with Crippen molar-refractivity contribution in [3.63, 3.8) is 0 Å². The van der Waals surface area contributed by atoms with Crippen LogP contribution in [-0.4, -0.2) is 0 Å². The van der Waals surface area contributed by atoms with Gasteiger partial charge in [-0.1, -0.05) is 112 Å². The second kappa shape index (κ2) is 9.60. The van der Waals surface area contributed by atoms with Crippen LogP contribution >= 0.6 is 63.7 Å². The molecule has 2 aliphatic rings. The Morgan fingerprint density at radius 1 is 0.342 bits per heavy atom. The molecule has 0 N–H and O–H groups in total. The van der Waals surface area contributed by atoms with Crippen LogP contribution in [0.4, 0.5) is 0 Å². The Morgan fingerprint density at radius 2 is 0.632 bits per heavy atom. The molecule has 0 unspecified atom stereocenters. The van der Waals surface area contributed by atoms with E-state index in [1.165, 1.54) is 66.8 Å². The van der Waals surface area contributed by atoms with Crippen LogP contribution in [0.2, 0.25) is 0 Å². The Bertz CT molecular complexity index is 1620. The Hall–Kier alpha value is -2.50. The van der Waals surface area contributed by atoms with Gasteiger partial charge in [-0.15, -0.1) is 0 Å². The minimum atomic E-state index is 1.08. The Balaban J connectivity index is 1.45. The summed E-state index contributed by atoms with van der Waals surface area (Å²) in [5, 5.41) is 0. The molecular formula is C34H18Br4. The maximum atomic E-state index is 3.70. The molecule has 182 valence electrons. The van der Waals surface area contributed by atoms with Gasteiger partial charge in [-0.2, -0.15) is 0 Å². The molecule has 5 aromatic carbocycles. The van der Waals surface area contributed by atoms with E-state index in [1.807, 2.05) is 0 Å². The van der Waals surface area contributed by atoms with Crippen LogP contribution in [0.15, 0.2) is 115 Å². The van der Waals surface area contributed by atoms with Crippen molar-refractivity contribution in [1.29, 1.82) is 0 Å². The summed E-state index contributed by atoms with van der Waals surface area (Å²) in [7, 11) is 0. The van der Waals surface area contributed by atoms with Crippen molar-refractivity contribution >= 4 is 87.0 Å². The third-order valence-corrected chi connectivity index (χ3v) is 9.24. The van der Waals surface area contributed by atoms with Gasteiger partial charge in [0.2, 0.25) is 0 Å². The van der Waals surface area contributed by atoms with E-state index in [0.717, 1.165) is 17.9 Å². The molecule has 0 radical (unpaired) electrons. The summed E-state index contributed by atoms with van der Waals surface area (Å²) < 4.78 is 4.33. The van der Waals surface area contributed by atoms with E-state index in [0.29, 0.717) is 0 Å². The molecule has 0 aliphatic heterocycles. The molecule has 0 bridgehead atoms. The predicted molar refractivity (Wildman–Crippen MR) is 175 cm³/mol. The number of fused-ring (bicyclic) bond motifs is 6. The maximum Gasteiger partial charge on any atom is 0.0181 e. The average molecular weight is 746 g/mol. The Morgan fingerprint density at radius 3 is 0.921 bits per heavy atom. The number of rotatable bonds is 2. The van der Waals surface area contributed by atoms with E-state index in [1.54, 1.807) is 0 Å². The van der Waals surface area contributed by atoms with E-state index < -0.39 is 0 Å². The molecule has 4 heteroatoms. The first-order chi connectivity index (χ1) is 18.5. The first-order valence-electron chi connectivity index (χ1n) is 12.2. The molecule has 0 nitrogen and oxygen atoms in total. The largest absolute Gasteiger partial charge is 0.0616 e. The van der Waals surface area contributed by atoms with E-state index in [-0.39, 0.29) is 0 Å². The summed E-state index contributed by atoms with van der Waals surface area (Å²) in [5.74, 6) is 0. The summed E-state index contributed by atoms with van der Waals surface area (Å²) >= 11 is 14.8. The van der Waals surface area contributed by atoms with Gasteiger partial charge >= 0.3 is 0 Å². The molecule has 0 fully saturated rings. The normalized spacial score (nSPS) is 12.6. The minimum Gasteiger partial charge on any atom is -0.0616 e. The van der Waals surface area contributed by atoms with Crippen LogP contribution in [0.25, 0.3) is 45.6 Å². The van der Waals surface area contributed by atoms with E-state index in [2.05, 4.69) is 173 Å². The van der Waals surface area contributed by atoms with Gasteiger partial charge in [0.1, 0.15) is 0 Å². The quantitative estimate of drug-likeness (QED) is 0.165. The summed E-state index contributed by atoms with van der Waals surface area (Å²) in [4.78, 5) is 0. The monoisotopic (exact) mass is 742 g/mol. The Kier molecular flexibility index (Phi) is 6.20. The van der Waals surface area contributed by atoms with E-state index >= 15 is 0 Å². The summed E-state index contributed by atoms with van der Waals surface area (Å²) in [6.07, 6.45) is 4.68. The van der Waals surface area contributed by atoms with E-state index in [4.69, 9.17) is 0 Å². The van der Waals surface area contributed by atoms with Gasteiger partial charge < -0.3 is 0 Å². The van der Waals surface area contributed by atoms with Gasteiger partial charge in [-0.05, 0) is 127 Å². The molecule has 0 aromatic heterocycles. The predicted octanol–water partition coefficient (Wildman–Crippen LogP) is 11.9. The van der Waals surface area contributed by atoms with Gasteiger partial charge in [0.25, 0.3) is 0 Å². The zero-order valence-corrected chi connectivity index (χ0v) is 26.2. The third kappa shape index (κ3) is 4.14. The number of benzene rings is 5. The third-order valence-electron chi connectivity index (χ3n) is 7.26. The van der Waals surface area contributed by atoms with Gasteiger partial charge in [-0.3, -0.25) is 0 Å². The lowest BCUT2D eigenvalue weighted by Gasteiger charge is -2.09. The fraction of sp³-hybridized carbons (Fsp3) is 0. The van der Waals surface area contributed by atoms with Crippen LogP contribution in [0.3, 0.4) is 0 Å². The van der Waals surface area contributed by atoms with Crippen LogP contribution in [-0.2, 0) is 0 Å². The molecule has 0 atom stereocenters. The minimum absolute atomic E-state index is 1.08. The van der Waals surface area contributed by atoms with Gasteiger partial charge in [0.15, 0.2) is 0 Å². The molecule has 0 spiro atoms. The summed E-state index contributed by atoms with van der Waals surface area (Å²) in [5.41, 5.74) is 14.9. The molecule has 0 saturated heterocycles. The van der Waals surface area contributed by atoms with Crippen LogP contribution in [0.1, 0.15) is 33.4 Å². The van der Waals surface area contributed by atoms with Crippen molar-refractivity contribution in [3.8, 4) is 22.3 Å². The second-order valence-corrected chi connectivity index (χ2v) is 13.2. The smallest absolute Gasteiger partial charge is 0.0181 e. The lowest BCUT2D eigenvalue weighted by Crippen LogP contribution is -1.88. The van der Waals surface area contributed by atoms with Crippen LogP contribution in [0.5, 0.6) is 0 Å². The van der Waals surface area contributed by atoms with Gasteiger partial charge in [-0.25, -0.2) is 0 Å². The standard InChI is InChI=1S/C34H18Br4/c35-21-5-9-25-26-10-6-22(36)16-32(26)29(31(25)15-21)13-19-3-1-2-4-20(19)14-30-33-17-23(37)7-11-27(33)28-12-8-24(38)18-34(28)30/h1-18H. The van der Waals surface area contributed by atoms with Crippen LogP contribution < -0.4 is 0 Å². The summed E-state index contributed by atoms with van der Waals surface area (Å²) in [6.45, 7) is 0. The van der Waals surface area contributed by atoms with Gasteiger partial charge in [0, 0.05) is 17.9 Å². The fourth-order valence-corrected chi connectivity index (χ4v) is 7.03. The zero-order chi connectivity index (χ0) is 26.0. The number of halogens is 4. The topological polar surface area (TPSA) is 0 Å². The number of hydrogen-bond donors (Lipinski definition) is 0. The van der Waals surface area contributed by atoms with Crippen molar-refractivity contribution in [2.24, 2.45) is 0 Å². The van der Waals surface area contributed by atoms with Crippen molar-refractivity contribution in [2.75, 3.05) is 0 Å². The molecular weight excluding hydrogens is 728 g/mol. The molecule has 38 heavy (non-hydrogen) atoms. The van der Waals surface area contributed by atoms with Crippen molar-refractivity contribution < 1.29 is 0 Å². The first-order valence-corrected chi connectivity index (χ1v) is 15.4. The number of hydrogen-bond acceptors (Lipinski definition) is 0. The second-order valence-electron chi connectivity index (χ2n) is 9.50. The molecule has 0 heterocycles. The fourth-order valence-electron chi connectivity index (χ4n) is 5.58. The molecule has 7 rings (SSSR count). The first kappa shape index (κ1) is 24.5. The molecule has 0 saturated carbocycles. The SMILES string of the molecule is Brc1ccc2c(c1)C(=Cc1ccccc1C=C1c3cc(Br)ccc3-c3ccc(Br)cc31)c1cc(Br)ccc1-2. The lowest BCUT2D eigenvalue weighted by molar-refractivity contribution is 1.58. The maximum absolute atomic E-state index is 3.70.